The lowest BCUT2D eigenvalue weighted by Gasteiger charge is -2.21. The highest BCUT2D eigenvalue weighted by atomic mass is 16.2. The van der Waals surface area contributed by atoms with E-state index in [1.807, 2.05) is 19.9 Å². The van der Waals surface area contributed by atoms with Crippen LogP contribution in [0, 0.1) is 5.92 Å². The van der Waals surface area contributed by atoms with Crippen molar-refractivity contribution >= 4 is 23.6 Å². The van der Waals surface area contributed by atoms with Crippen LogP contribution in [0.5, 0.6) is 0 Å². The normalized spacial score (nSPS) is 21.0. The largest absolute Gasteiger partial charge is 0.383 e. The average Bonchev–Trinajstić information content (AvgIpc) is 3.44. The molecule has 2 aliphatic rings. The van der Waals surface area contributed by atoms with E-state index in [1.165, 1.54) is 0 Å². The molecule has 2 amide bonds. The second-order valence-electron chi connectivity index (χ2n) is 8.50. The van der Waals surface area contributed by atoms with Crippen molar-refractivity contribution in [2.24, 2.45) is 5.92 Å². The molecule has 9 heteroatoms. The second kappa shape index (κ2) is 8.87. The quantitative estimate of drug-likeness (QED) is 0.747. The molecule has 0 bridgehead atoms. The van der Waals surface area contributed by atoms with Gasteiger partial charge in [0.05, 0.1) is 17.2 Å². The second-order valence-corrected chi connectivity index (χ2v) is 8.50. The maximum atomic E-state index is 13.1. The minimum atomic E-state index is -0.398. The zero-order valence-electron chi connectivity index (χ0n) is 18.0. The molecule has 2 aromatic heterocycles. The molecule has 31 heavy (non-hydrogen) atoms. The first-order chi connectivity index (χ1) is 14.9. The summed E-state index contributed by atoms with van der Waals surface area (Å²) < 4.78 is 0. The van der Waals surface area contributed by atoms with Crippen molar-refractivity contribution in [3.63, 3.8) is 0 Å². The Labute approximate surface area is 182 Å². The van der Waals surface area contributed by atoms with Crippen molar-refractivity contribution in [1.29, 1.82) is 0 Å². The molecule has 4 rings (SSSR count). The van der Waals surface area contributed by atoms with Gasteiger partial charge in [0.25, 0.3) is 5.91 Å². The van der Waals surface area contributed by atoms with Gasteiger partial charge in [0.15, 0.2) is 0 Å². The first kappa shape index (κ1) is 21.0. The molecule has 0 radical (unpaired) electrons. The Morgan fingerprint density at radius 3 is 2.61 bits per heavy atom. The van der Waals surface area contributed by atoms with E-state index in [9.17, 15) is 9.59 Å². The first-order valence-electron chi connectivity index (χ1n) is 10.8. The van der Waals surface area contributed by atoms with E-state index in [-0.39, 0.29) is 29.6 Å². The third-order valence-corrected chi connectivity index (χ3v) is 5.88. The SMILES string of the molecule is CC(C)NC(=O)[C@H]1CN(C(=O)c2cccnc2N)C[C@@H]1c1ccnc(N2CCCC2)n1. The molecular formula is C22H29N7O2. The molecule has 4 heterocycles. The van der Waals surface area contributed by atoms with E-state index < -0.39 is 5.92 Å². The molecule has 164 valence electrons. The minimum absolute atomic E-state index is 0.0115. The lowest BCUT2D eigenvalue weighted by Crippen LogP contribution is -2.39. The van der Waals surface area contributed by atoms with E-state index in [1.54, 1.807) is 29.4 Å². The maximum Gasteiger partial charge on any atom is 0.257 e. The van der Waals surface area contributed by atoms with Gasteiger partial charge in [-0.05, 0) is 44.9 Å². The molecule has 2 aliphatic heterocycles. The van der Waals surface area contributed by atoms with E-state index in [4.69, 9.17) is 10.7 Å². The van der Waals surface area contributed by atoms with E-state index in [0.717, 1.165) is 31.6 Å². The molecule has 0 spiro atoms. The lowest BCUT2D eigenvalue weighted by molar-refractivity contribution is -0.125. The number of hydrogen-bond acceptors (Lipinski definition) is 7. The molecule has 3 N–H and O–H groups in total. The summed E-state index contributed by atoms with van der Waals surface area (Å²) in [7, 11) is 0. The summed E-state index contributed by atoms with van der Waals surface area (Å²) in [5.41, 5.74) is 7.06. The number of nitrogens with two attached hydrogens (primary N) is 1. The zero-order valence-corrected chi connectivity index (χ0v) is 18.0. The fourth-order valence-corrected chi connectivity index (χ4v) is 4.33. The highest BCUT2D eigenvalue weighted by Gasteiger charge is 2.42. The summed E-state index contributed by atoms with van der Waals surface area (Å²) in [6.07, 6.45) is 5.56. The van der Waals surface area contributed by atoms with Crippen molar-refractivity contribution in [2.75, 3.05) is 36.8 Å². The monoisotopic (exact) mass is 423 g/mol. The number of likely N-dealkylation sites (tertiary alicyclic amines) is 1. The van der Waals surface area contributed by atoms with Gasteiger partial charge >= 0.3 is 0 Å². The van der Waals surface area contributed by atoms with Gasteiger partial charge in [0.1, 0.15) is 5.82 Å². The fourth-order valence-electron chi connectivity index (χ4n) is 4.33. The van der Waals surface area contributed by atoms with Gasteiger partial charge in [-0.2, -0.15) is 0 Å². The maximum absolute atomic E-state index is 13.1. The van der Waals surface area contributed by atoms with Crippen LogP contribution >= 0.6 is 0 Å². The molecule has 0 aliphatic carbocycles. The van der Waals surface area contributed by atoms with Gasteiger partial charge in [-0.1, -0.05) is 0 Å². The molecule has 2 saturated heterocycles. The van der Waals surface area contributed by atoms with Crippen LogP contribution in [0.25, 0.3) is 0 Å². The number of aromatic nitrogens is 3. The third kappa shape index (κ3) is 4.45. The molecule has 0 unspecified atom stereocenters. The van der Waals surface area contributed by atoms with Crippen LogP contribution in [0.15, 0.2) is 30.6 Å². The number of nitrogens with zero attached hydrogens (tertiary/aromatic N) is 5. The van der Waals surface area contributed by atoms with Gasteiger partial charge < -0.3 is 20.9 Å². The van der Waals surface area contributed by atoms with Gasteiger partial charge in [-0.15, -0.1) is 0 Å². The predicted molar refractivity (Wildman–Crippen MR) is 118 cm³/mol. The number of anilines is 2. The van der Waals surface area contributed by atoms with Crippen LogP contribution in [0.4, 0.5) is 11.8 Å². The zero-order chi connectivity index (χ0) is 22.0. The van der Waals surface area contributed by atoms with Crippen LogP contribution in [-0.4, -0.2) is 63.9 Å². The Hall–Kier alpha value is -3.23. The number of amides is 2. The minimum Gasteiger partial charge on any atom is -0.383 e. The summed E-state index contributed by atoms with van der Waals surface area (Å²) in [5, 5.41) is 3.00. The van der Waals surface area contributed by atoms with Gasteiger partial charge in [-0.3, -0.25) is 9.59 Å². The number of nitrogen functional groups attached to an aromatic ring is 1. The molecule has 9 nitrogen and oxygen atoms in total. The molecule has 2 fully saturated rings. The topological polar surface area (TPSA) is 117 Å². The predicted octanol–water partition coefficient (Wildman–Crippen LogP) is 1.43. The Morgan fingerprint density at radius 1 is 1.13 bits per heavy atom. The fraction of sp³-hybridized carbons (Fsp3) is 0.500. The van der Waals surface area contributed by atoms with Crippen LogP contribution in [0.1, 0.15) is 48.7 Å². The smallest absolute Gasteiger partial charge is 0.257 e. The summed E-state index contributed by atoms with van der Waals surface area (Å²) in [6.45, 7) is 6.43. The number of pyridine rings is 1. The van der Waals surface area contributed by atoms with Crippen molar-refractivity contribution in [1.82, 2.24) is 25.2 Å². The molecule has 2 atom stereocenters. The summed E-state index contributed by atoms with van der Waals surface area (Å²) in [6, 6.07) is 5.22. The molecular weight excluding hydrogens is 394 g/mol. The highest BCUT2D eigenvalue weighted by molar-refractivity contribution is 5.99. The summed E-state index contributed by atoms with van der Waals surface area (Å²) in [4.78, 5) is 43.3. The van der Waals surface area contributed by atoms with Crippen LogP contribution in [-0.2, 0) is 4.79 Å². The van der Waals surface area contributed by atoms with E-state index >= 15 is 0 Å². The first-order valence-corrected chi connectivity index (χ1v) is 10.8. The Kier molecular flexibility index (Phi) is 6.01. The standard InChI is InChI=1S/C22H29N7O2/c1-14(2)26-20(30)17-13-29(21(31)15-6-5-8-24-19(15)23)12-16(17)18-7-9-25-22(27-18)28-10-3-4-11-28/h5-9,14,16-17H,3-4,10-13H2,1-2H3,(H2,23,24)(H,26,30)/t16-,17-/m0/s1. The number of nitrogens with one attached hydrogen (secondary N) is 1. The summed E-state index contributed by atoms with van der Waals surface area (Å²) in [5.74, 6) is -0.0210. The lowest BCUT2D eigenvalue weighted by atomic mass is 9.91. The Bertz CT molecular complexity index is 958. The van der Waals surface area contributed by atoms with Gasteiger partial charge in [-0.25, -0.2) is 15.0 Å². The summed E-state index contributed by atoms with van der Waals surface area (Å²) >= 11 is 0. The Morgan fingerprint density at radius 2 is 1.90 bits per heavy atom. The third-order valence-electron chi connectivity index (χ3n) is 5.88. The van der Waals surface area contributed by atoms with Crippen molar-refractivity contribution in [3.8, 4) is 0 Å². The number of hydrogen-bond donors (Lipinski definition) is 2. The average molecular weight is 424 g/mol. The van der Waals surface area contributed by atoms with Crippen molar-refractivity contribution < 1.29 is 9.59 Å². The van der Waals surface area contributed by atoms with E-state index in [0.29, 0.717) is 24.6 Å². The number of rotatable bonds is 5. The number of carbonyl (C=O) groups is 2. The van der Waals surface area contributed by atoms with Crippen molar-refractivity contribution in [2.45, 2.75) is 38.6 Å². The Balaban J connectivity index is 1.62. The van der Waals surface area contributed by atoms with E-state index in [2.05, 4.69) is 20.2 Å². The number of carbonyl (C=O) groups excluding carboxylic acids is 2. The van der Waals surface area contributed by atoms with Crippen LogP contribution in [0.3, 0.4) is 0 Å². The van der Waals surface area contributed by atoms with Crippen molar-refractivity contribution in [3.05, 3.63) is 41.9 Å². The van der Waals surface area contributed by atoms with Gasteiger partial charge in [0, 0.05) is 50.5 Å². The molecule has 0 aromatic carbocycles. The van der Waals surface area contributed by atoms with Crippen LogP contribution < -0.4 is 16.0 Å². The van der Waals surface area contributed by atoms with Crippen LogP contribution in [0.2, 0.25) is 0 Å². The highest BCUT2D eigenvalue weighted by Crippen LogP contribution is 2.34. The molecule has 2 aromatic rings. The molecule has 0 saturated carbocycles. The van der Waals surface area contributed by atoms with Gasteiger partial charge in [0.2, 0.25) is 11.9 Å².